The maximum atomic E-state index is 12.6. The Bertz CT molecular complexity index is 799. The van der Waals surface area contributed by atoms with Crippen LogP contribution in [-0.2, 0) is 17.7 Å². The minimum Gasteiger partial charge on any atom is -0.443 e. The van der Waals surface area contributed by atoms with Gasteiger partial charge < -0.3 is 10.1 Å². The molecule has 1 N–H and O–H groups in total. The Morgan fingerprint density at radius 2 is 2.12 bits per heavy atom. The molecule has 6 nitrogen and oxygen atoms in total. The topological polar surface area (TPSA) is 59.4 Å². The second-order valence-corrected chi connectivity index (χ2v) is 7.10. The molecule has 140 valence electrons. The molecule has 8 heteroatoms. The van der Waals surface area contributed by atoms with Gasteiger partial charge in [-0.15, -0.1) is 0 Å². The monoisotopic (exact) mass is 364 g/mol. The molecular formula is C18H22F2N4O2. The molecule has 0 fully saturated rings. The highest BCUT2D eigenvalue weighted by atomic mass is 19.3. The van der Waals surface area contributed by atoms with Gasteiger partial charge in [-0.25, -0.2) is 9.48 Å². The van der Waals surface area contributed by atoms with E-state index in [1.54, 1.807) is 11.0 Å². The zero-order valence-electron chi connectivity index (χ0n) is 15.0. The maximum Gasteiger partial charge on any atom is 0.414 e. The molecule has 1 aromatic carbocycles. The van der Waals surface area contributed by atoms with E-state index in [1.165, 1.54) is 6.20 Å². The number of alkyl halides is 2. The Morgan fingerprint density at radius 1 is 1.35 bits per heavy atom. The molecule has 0 bridgehead atoms. The van der Waals surface area contributed by atoms with Gasteiger partial charge in [0.25, 0.3) is 0 Å². The van der Waals surface area contributed by atoms with Crippen molar-refractivity contribution in [3.63, 3.8) is 0 Å². The first-order valence-corrected chi connectivity index (χ1v) is 8.43. The van der Waals surface area contributed by atoms with Gasteiger partial charge in [0, 0.05) is 24.0 Å². The van der Waals surface area contributed by atoms with E-state index >= 15 is 0 Å². The van der Waals surface area contributed by atoms with Crippen LogP contribution in [0.2, 0.25) is 0 Å². The Balaban J connectivity index is 1.72. The predicted octanol–water partition coefficient (Wildman–Crippen LogP) is 4.19. The highest BCUT2D eigenvalue weighted by Crippen LogP contribution is 2.34. The molecule has 26 heavy (non-hydrogen) atoms. The summed E-state index contributed by atoms with van der Waals surface area (Å²) in [7, 11) is 0. The van der Waals surface area contributed by atoms with Crippen molar-refractivity contribution >= 4 is 17.5 Å². The summed E-state index contributed by atoms with van der Waals surface area (Å²) in [5, 5.41) is 7.04. The van der Waals surface area contributed by atoms with Gasteiger partial charge in [-0.1, -0.05) is 6.07 Å². The van der Waals surface area contributed by atoms with Gasteiger partial charge in [0.05, 0.1) is 17.9 Å². The number of rotatable bonds is 4. The molecule has 0 atom stereocenters. The molecule has 0 unspecified atom stereocenters. The van der Waals surface area contributed by atoms with E-state index < -0.39 is 12.2 Å². The number of nitrogens with one attached hydrogen (secondary N) is 1. The van der Waals surface area contributed by atoms with Gasteiger partial charge >= 0.3 is 12.6 Å². The Hall–Kier alpha value is -2.64. The average molecular weight is 364 g/mol. The summed E-state index contributed by atoms with van der Waals surface area (Å²) in [4.78, 5) is 14.0. The number of amides is 1. The predicted molar refractivity (Wildman–Crippen MR) is 94.5 cm³/mol. The molecule has 0 saturated heterocycles. The van der Waals surface area contributed by atoms with Crippen LogP contribution in [0.25, 0.3) is 0 Å². The van der Waals surface area contributed by atoms with E-state index in [2.05, 4.69) is 10.4 Å². The van der Waals surface area contributed by atoms with Crippen LogP contribution in [0.15, 0.2) is 30.5 Å². The third kappa shape index (κ3) is 3.95. The summed E-state index contributed by atoms with van der Waals surface area (Å²) in [6.45, 7) is 3.72. The fourth-order valence-corrected chi connectivity index (χ4v) is 2.87. The van der Waals surface area contributed by atoms with Crippen LogP contribution in [0.1, 0.15) is 38.6 Å². The Morgan fingerprint density at radius 3 is 2.77 bits per heavy atom. The standard InChI is InChI=1S/C18H22F2N4O2/c1-18(2,3)26-17(25)23-9-8-13-14(5-4-6-15(13)23)21-11-12-7-10-24(22-12)16(19)20/h4-7,10,16,21H,8-9,11H2,1-3H3. The lowest BCUT2D eigenvalue weighted by Crippen LogP contribution is -2.35. The van der Waals surface area contributed by atoms with Crippen LogP contribution < -0.4 is 10.2 Å². The van der Waals surface area contributed by atoms with Crippen LogP contribution in [-0.4, -0.2) is 28.0 Å². The second kappa shape index (κ2) is 6.93. The van der Waals surface area contributed by atoms with Gasteiger partial charge in [-0.05, 0) is 45.4 Å². The lowest BCUT2D eigenvalue weighted by Gasteiger charge is -2.25. The van der Waals surface area contributed by atoms with E-state index in [-0.39, 0.29) is 6.09 Å². The average Bonchev–Trinajstić information content (AvgIpc) is 3.18. The highest BCUT2D eigenvalue weighted by Gasteiger charge is 2.30. The highest BCUT2D eigenvalue weighted by molar-refractivity contribution is 5.92. The van der Waals surface area contributed by atoms with Crippen molar-refractivity contribution in [1.82, 2.24) is 9.78 Å². The summed E-state index contributed by atoms with van der Waals surface area (Å²) >= 11 is 0. The molecule has 3 rings (SSSR count). The number of benzene rings is 1. The molecular weight excluding hydrogens is 342 g/mol. The lowest BCUT2D eigenvalue weighted by molar-refractivity contribution is 0.0560. The molecule has 0 aliphatic carbocycles. The SMILES string of the molecule is CC(C)(C)OC(=O)N1CCc2c(NCc3ccn(C(F)F)n3)cccc21. The number of halogens is 2. The largest absolute Gasteiger partial charge is 0.443 e. The van der Waals surface area contributed by atoms with Gasteiger partial charge in [-0.3, -0.25) is 4.90 Å². The smallest absolute Gasteiger partial charge is 0.414 e. The molecule has 1 amide bonds. The summed E-state index contributed by atoms with van der Waals surface area (Å²) < 4.78 is 31.3. The lowest BCUT2D eigenvalue weighted by atomic mass is 10.1. The minimum absolute atomic E-state index is 0.322. The molecule has 0 saturated carbocycles. The van der Waals surface area contributed by atoms with Gasteiger partial charge in [-0.2, -0.15) is 13.9 Å². The third-order valence-electron chi connectivity index (χ3n) is 3.96. The number of carbonyl (C=O) groups excluding carboxylic acids is 1. The number of fused-ring (bicyclic) bond motifs is 1. The fourth-order valence-electron chi connectivity index (χ4n) is 2.87. The first-order chi connectivity index (χ1) is 12.2. The van der Waals surface area contributed by atoms with E-state index in [1.807, 2.05) is 39.0 Å². The van der Waals surface area contributed by atoms with Crippen molar-refractivity contribution in [1.29, 1.82) is 0 Å². The van der Waals surface area contributed by atoms with Crippen LogP contribution in [0.3, 0.4) is 0 Å². The Kier molecular flexibility index (Phi) is 4.84. The molecule has 0 spiro atoms. The zero-order valence-corrected chi connectivity index (χ0v) is 15.0. The second-order valence-electron chi connectivity index (χ2n) is 7.10. The summed E-state index contributed by atoms with van der Waals surface area (Å²) in [5.41, 5.74) is 2.64. The number of ether oxygens (including phenoxy) is 1. The summed E-state index contributed by atoms with van der Waals surface area (Å²) in [6.07, 6.45) is 1.58. The normalized spacial score (nSPS) is 13.8. The van der Waals surface area contributed by atoms with Gasteiger partial charge in [0.2, 0.25) is 0 Å². The quantitative estimate of drug-likeness (QED) is 0.884. The van der Waals surface area contributed by atoms with Gasteiger partial charge in [0.1, 0.15) is 5.60 Å². The molecule has 1 aromatic heterocycles. The van der Waals surface area contributed by atoms with Crippen molar-refractivity contribution in [3.05, 3.63) is 41.7 Å². The first kappa shape index (κ1) is 18.2. The van der Waals surface area contributed by atoms with Crippen molar-refractivity contribution in [2.45, 2.75) is 45.9 Å². The van der Waals surface area contributed by atoms with Crippen molar-refractivity contribution in [2.24, 2.45) is 0 Å². The van der Waals surface area contributed by atoms with Crippen molar-refractivity contribution in [3.8, 4) is 0 Å². The molecule has 2 heterocycles. The summed E-state index contributed by atoms with van der Waals surface area (Å²) in [6, 6.07) is 7.18. The maximum absolute atomic E-state index is 12.6. The molecule has 1 aliphatic heterocycles. The van der Waals surface area contributed by atoms with Crippen molar-refractivity contribution in [2.75, 3.05) is 16.8 Å². The Labute approximate surface area is 150 Å². The van der Waals surface area contributed by atoms with Gasteiger partial charge in [0.15, 0.2) is 0 Å². The summed E-state index contributed by atoms with van der Waals surface area (Å²) in [5.74, 6) is 0. The van der Waals surface area contributed by atoms with E-state index in [9.17, 15) is 13.6 Å². The molecule has 0 radical (unpaired) electrons. The molecule has 2 aromatic rings. The number of nitrogens with zero attached hydrogens (tertiary/aromatic N) is 3. The van der Waals surface area contributed by atoms with E-state index in [0.29, 0.717) is 29.9 Å². The van der Waals surface area contributed by atoms with E-state index in [0.717, 1.165) is 16.9 Å². The fraction of sp³-hybridized carbons (Fsp3) is 0.444. The van der Waals surface area contributed by atoms with Crippen LogP contribution >= 0.6 is 0 Å². The minimum atomic E-state index is -2.65. The zero-order chi connectivity index (χ0) is 18.9. The number of hydrogen-bond acceptors (Lipinski definition) is 4. The number of hydrogen-bond donors (Lipinski definition) is 1. The first-order valence-electron chi connectivity index (χ1n) is 8.43. The third-order valence-corrected chi connectivity index (χ3v) is 3.96. The number of carbonyl (C=O) groups is 1. The number of anilines is 2. The van der Waals surface area contributed by atoms with Crippen molar-refractivity contribution < 1.29 is 18.3 Å². The van der Waals surface area contributed by atoms with Crippen LogP contribution in [0.5, 0.6) is 0 Å². The van der Waals surface area contributed by atoms with Crippen LogP contribution in [0, 0.1) is 0 Å². The number of aromatic nitrogens is 2. The van der Waals surface area contributed by atoms with Crippen LogP contribution in [0.4, 0.5) is 25.0 Å². The van der Waals surface area contributed by atoms with E-state index in [4.69, 9.17) is 4.74 Å². The molecule has 1 aliphatic rings.